The van der Waals surface area contributed by atoms with E-state index in [0.29, 0.717) is 19.0 Å². The van der Waals surface area contributed by atoms with Crippen LogP contribution in [0, 0.1) is 5.92 Å². The van der Waals surface area contributed by atoms with Crippen LogP contribution < -0.4 is 4.72 Å². The van der Waals surface area contributed by atoms with Crippen LogP contribution in [0.4, 0.5) is 0 Å². The molecule has 1 fully saturated rings. The standard InChI is InChI=1S/C17H29N3O3S/c1-19(14-16-7-4-3-5-8-16)24(21,22)18-13-17-9-6-10-20(15-17)11-12-23-2/h3-5,7-8,17-18H,6,9-15H2,1-2H3/t17-/m1/s1. The molecule has 0 radical (unpaired) electrons. The number of nitrogens with zero attached hydrogens (tertiary/aromatic N) is 2. The Balaban J connectivity index is 1.81. The molecular formula is C17H29N3O3S. The number of hydrogen-bond acceptors (Lipinski definition) is 4. The van der Waals surface area contributed by atoms with E-state index in [4.69, 9.17) is 4.74 Å². The highest BCUT2D eigenvalue weighted by Gasteiger charge is 2.23. The van der Waals surface area contributed by atoms with E-state index < -0.39 is 10.2 Å². The van der Waals surface area contributed by atoms with Gasteiger partial charge in [0, 0.05) is 40.3 Å². The minimum Gasteiger partial charge on any atom is -0.383 e. The van der Waals surface area contributed by atoms with Crippen LogP contribution >= 0.6 is 0 Å². The molecule has 1 atom stereocenters. The van der Waals surface area contributed by atoms with Crippen molar-refractivity contribution in [2.45, 2.75) is 19.4 Å². The van der Waals surface area contributed by atoms with Crippen molar-refractivity contribution in [2.24, 2.45) is 5.92 Å². The van der Waals surface area contributed by atoms with E-state index in [0.717, 1.165) is 44.6 Å². The van der Waals surface area contributed by atoms with Crippen molar-refractivity contribution in [1.82, 2.24) is 13.9 Å². The van der Waals surface area contributed by atoms with E-state index in [9.17, 15) is 8.42 Å². The molecule has 2 rings (SSSR count). The Bertz CT molecular complexity index is 580. The summed E-state index contributed by atoms with van der Waals surface area (Å²) in [6.07, 6.45) is 2.17. The van der Waals surface area contributed by atoms with Gasteiger partial charge in [-0.2, -0.15) is 12.7 Å². The van der Waals surface area contributed by atoms with Gasteiger partial charge < -0.3 is 9.64 Å². The third-order valence-electron chi connectivity index (χ3n) is 4.43. The van der Waals surface area contributed by atoms with E-state index >= 15 is 0 Å². The van der Waals surface area contributed by atoms with Gasteiger partial charge >= 0.3 is 0 Å². The van der Waals surface area contributed by atoms with Crippen LogP contribution in [-0.2, 0) is 21.5 Å². The van der Waals surface area contributed by atoms with Crippen molar-refractivity contribution in [1.29, 1.82) is 0 Å². The zero-order valence-electron chi connectivity index (χ0n) is 14.6. The fourth-order valence-electron chi connectivity index (χ4n) is 3.00. The van der Waals surface area contributed by atoms with E-state index in [-0.39, 0.29) is 0 Å². The van der Waals surface area contributed by atoms with E-state index in [2.05, 4.69) is 9.62 Å². The molecule has 1 heterocycles. The summed E-state index contributed by atoms with van der Waals surface area (Å²) in [6, 6.07) is 9.62. The maximum atomic E-state index is 12.4. The second kappa shape index (κ2) is 9.48. The molecule has 7 heteroatoms. The van der Waals surface area contributed by atoms with Crippen LogP contribution in [0.25, 0.3) is 0 Å². The number of piperidine rings is 1. The molecule has 1 aliphatic heterocycles. The summed E-state index contributed by atoms with van der Waals surface area (Å²) in [6.45, 7) is 4.49. The summed E-state index contributed by atoms with van der Waals surface area (Å²) in [5.74, 6) is 0.357. The van der Waals surface area contributed by atoms with Crippen molar-refractivity contribution in [3.63, 3.8) is 0 Å². The van der Waals surface area contributed by atoms with Gasteiger partial charge in [-0.25, -0.2) is 4.72 Å². The Morgan fingerprint density at radius 2 is 2.08 bits per heavy atom. The van der Waals surface area contributed by atoms with Crippen molar-refractivity contribution < 1.29 is 13.2 Å². The Morgan fingerprint density at radius 3 is 2.79 bits per heavy atom. The van der Waals surface area contributed by atoms with E-state index in [1.165, 1.54) is 4.31 Å². The molecule has 1 saturated heterocycles. The van der Waals surface area contributed by atoms with Gasteiger partial charge in [0.15, 0.2) is 0 Å². The fraction of sp³-hybridized carbons (Fsp3) is 0.647. The van der Waals surface area contributed by atoms with E-state index in [1.54, 1.807) is 14.2 Å². The molecule has 0 aromatic heterocycles. The van der Waals surface area contributed by atoms with Crippen molar-refractivity contribution in [3.8, 4) is 0 Å². The zero-order chi connectivity index (χ0) is 17.4. The Hall–Kier alpha value is -0.990. The molecule has 1 aromatic rings. The predicted octanol–water partition coefficient (Wildman–Crippen LogP) is 1.31. The fourth-order valence-corrected chi connectivity index (χ4v) is 3.99. The molecule has 0 spiro atoms. The molecule has 0 aliphatic carbocycles. The summed E-state index contributed by atoms with van der Waals surface area (Å²) in [5, 5.41) is 0. The third-order valence-corrected chi connectivity index (χ3v) is 5.91. The van der Waals surface area contributed by atoms with Gasteiger partial charge in [-0.05, 0) is 30.9 Å². The van der Waals surface area contributed by atoms with Gasteiger partial charge in [0.1, 0.15) is 0 Å². The molecule has 1 N–H and O–H groups in total. The number of rotatable bonds is 9. The number of ether oxygens (including phenoxy) is 1. The third kappa shape index (κ3) is 6.14. The van der Waals surface area contributed by atoms with Crippen LogP contribution in [-0.4, -0.2) is 64.6 Å². The molecule has 0 saturated carbocycles. The maximum absolute atomic E-state index is 12.4. The number of likely N-dealkylation sites (tertiary alicyclic amines) is 1. The number of nitrogens with one attached hydrogen (secondary N) is 1. The highest BCUT2D eigenvalue weighted by Crippen LogP contribution is 2.16. The Morgan fingerprint density at radius 1 is 1.33 bits per heavy atom. The normalized spacial score (nSPS) is 19.7. The van der Waals surface area contributed by atoms with Gasteiger partial charge in [-0.3, -0.25) is 0 Å². The Labute approximate surface area is 146 Å². The molecule has 1 aliphatic rings. The smallest absolute Gasteiger partial charge is 0.279 e. The zero-order valence-corrected chi connectivity index (χ0v) is 15.5. The maximum Gasteiger partial charge on any atom is 0.279 e. The molecule has 0 amide bonds. The van der Waals surface area contributed by atoms with Gasteiger partial charge in [-0.15, -0.1) is 0 Å². The van der Waals surface area contributed by atoms with Gasteiger partial charge in [-0.1, -0.05) is 30.3 Å². The minimum absolute atomic E-state index is 0.357. The predicted molar refractivity (Wildman–Crippen MR) is 95.9 cm³/mol. The SMILES string of the molecule is COCCN1CCC[C@H](CNS(=O)(=O)N(C)Cc2ccccc2)C1. The monoisotopic (exact) mass is 355 g/mol. The summed E-state index contributed by atoms with van der Waals surface area (Å²) < 4.78 is 34.1. The lowest BCUT2D eigenvalue weighted by Gasteiger charge is -2.32. The van der Waals surface area contributed by atoms with Crippen molar-refractivity contribution in [2.75, 3.05) is 46.9 Å². The van der Waals surface area contributed by atoms with Crippen LogP contribution in [0.15, 0.2) is 30.3 Å². The van der Waals surface area contributed by atoms with E-state index in [1.807, 2.05) is 30.3 Å². The summed E-state index contributed by atoms with van der Waals surface area (Å²) in [4.78, 5) is 2.35. The van der Waals surface area contributed by atoms with Crippen molar-refractivity contribution in [3.05, 3.63) is 35.9 Å². The minimum atomic E-state index is -3.45. The molecule has 0 unspecified atom stereocenters. The van der Waals surface area contributed by atoms with Gasteiger partial charge in [0.2, 0.25) is 0 Å². The second-order valence-corrected chi connectivity index (χ2v) is 8.26. The van der Waals surface area contributed by atoms with Gasteiger partial charge in [0.25, 0.3) is 10.2 Å². The van der Waals surface area contributed by atoms with Crippen LogP contribution in [0.3, 0.4) is 0 Å². The summed E-state index contributed by atoms with van der Waals surface area (Å²) in [7, 11) is -0.133. The molecule has 6 nitrogen and oxygen atoms in total. The quantitative estimate of drug-likeness (QED) is 0.726. The molecule has 24 heavy (non-hydrogen) atoms. The van der Waals surface area contributed by atoms with Crippen LogP contribution in [0.1, 0.15) is 18.4 Å². The highest BCUT2D eigenvalue weighted by molar-refractivity contribution is 7.87. The summed E-state index contributed by atoms with van der Waals surface area (Å²) in [5.41, 5.74) is 0.980. The first-order chi connectivity index (χ1) is 11.5. The lowest BCUT2D eigenvalue weighted by molar-refractivity contribution is 0.115. The number of hydrogen-bond donors (Lipinski definition) is 1. The first-order valence-electron chi connectivity index (χ1n) is 8.47. The lowest BCUT2D eigenvalue weighted by atomic mass is 9.98. The molecule has 0 bridgehead atoms. The second-order valence-electron chi connectivity index (χ2n) is 6.40. The first kappa shape index (κ1) is 19.3. The number of benzene rings is 1. The lowest BCUT2D eigenvalue weighted by Crippen LogP contribution is -2.44. The van der Waals surface area contributed by atoms with Crippen molar-refractivity contribution >= 4 is 10.2 Å². The van der Waals surface area contributed by atoms with Crippen LogP contribution in [0.2, 0.25) is 0 Å². The van der Waals surface area contributed by atoms with Gasteiger partial charge in [0.05, 0.1) is 6.61 Å². The average molecular weight is 356 g/mol. The number of methoxy groups -OCH3 is 1. The molecular weight excluding hydrogens is 326 g/mol. The Kier molecular flexibility index (Phi) is 7.64. The topological polar surface area (TPSA) is 61.9 Å². The molecule has 136 valence electrons. The summed E-state index contributed by atoms with van der Waals surface area (Å²) >= 11 is 0. The average Bonchev–Trinajstić information content (AvgIpc) is 2.59. The van der Waals surface area contributed by atoms with Crippen LogP contribution in [0.5, 0.6) is 0 Å². The molecule has 1 aromatic carbocycles. The highest BCUT2D eigenvalue weighted by atomic mass is 32.2. The first-order valence-corrected chi connectivity index (χ1v) is 9.91. The largest absolute Gasteiger partial charge is 0.383 e.